The van der Waals surface area contributed by atoms with Gasteiger partial charge in [0.25, 0.3) is 0 Å². The van der Waals surface area contributed by atoms with E-state index in [-0.39, 0.29) is 6.61 Å². The van der Waals surface area contributed by atoms with Crippen LogP contribution in [0.15, 0.2) is 0 Å². The highest BCUT2D eigenvalue weighted by Crippen LogP contribution is 2.52. The average molecular weight is 336 g/mol. The molecule has 0 amide bonds. The maximum absolute atomic E-state index is 13.0. The maximum Gasteiger partial charge on any atom is 0.380 e. The molecule has 0 bridgehead atoms. The summed E-state index contributed by atoms with van der Waals surface area (Å²) < 4.78 is 114. The summed E-state index contributed by atoms with van der Waals surface area (Å²) in [6.45, 7) is -0.828. The summed E-state index contributed by atoms with van der Waals surface area (Å²) in [5, 5.41) is 0. The molecule has 12 heteroatoms. The number of hydrogen-bond acceptors (Lipinski definition) is 3. The molecule has 2 atom stereocenters. The molecule has 0 radical (unpaired) electrons. The van der Waals surface area contributed by atoms with Crippen LogP contribution in [0.25, 0.3) is 0 Å². The summed E-state index contributed by atoms with van der Waals surface area (Å²) in [6, 6.07) is 0. The van der Waals surface area contributed by atoms with Crippen LogP contribution in [0.3, 0.4) is 0 Å². The first-order valence-corrected chi connectivity index (χ1v) is 6.15. The van der Waals surface area contributed by atoms with E-state index in [1.54, 1.807) is 0 Å². The van der Waals surface area contributed by atoms with Gasteiger partial charge in [-0.3, -0.25) is 0 Å². The van der Waals surface area contributed by atoms with Gasteiger partial charge in [0.15, 0.2) is 0 Å². The van der Waals surface area contributed by atoms with Gasteiger partial charge in [-0.2, -0.15) is 26.3 Å². The van der Waals surface area contributed by atoms with Crippen LogP contribution in [0.2, 0.25) is 0 Å². The molecule has 1 fully saturated rings. The molecule has 1 aliphatic rings. The Labute approximate surface area is 109 Å². The van der Waals surface area contributed by atoms with Gasteiger partial charge in [0.05, 0.1) is 12.7 Å². The second-order valence-corrected chi connectivity index (χ2v) is 5.09. The molecule has 1 heterocycles. The van der Waals surface area contributed by atoms with Crippen LogP contribution in [0.5, 0.6) is 0 Å². The first kappa shape index (κ1) is 17.8. The molecule has 0 saturated carbocycles. The van der Waals surface area contributed by atoms with Gasteiger partial charge in [0, 0.05) is 0 Å². The summed E-state index contributed by atoms with van der Waals surface area (Å²) in [7, 11) is -2.39. The first-order chi connectivity index (χ1) is 8.92. The van der Waals surface area contributed by atoms with E-state index in [0.29, 0.717) is 0 Å². The zero-order valence-corrected chi connectivity index (χ0v) is 10.7. The van der Waals surface area contributed by atoms with Crippen molar-refractivity contribution in [1.82, 2.24) is 0 Å². The molecule has 0 spiro atoms. The minimum absolute atomic E-state index is 0.0547. The predicted molar refractivity (Wildman–Crippen MR) is 50.2 cm³/mol. The minimum Gasteiger partial charge on any atom is -0.310 e. The van der Waals surface area contributed by atoms with Crippen molar-refractivity contribution in [3.8, 4) is 0 Å². The van der Waals surface area contributed by atoms with Gasteiger partial charge < -0.3 is 13.6 Å². The molecule has 0 aromatic rings. The lowest BCUT2D eigenvalue weighted by atomic mass is 10.1. The van der Waals surface area contributed by atoms with Gasteiger partial charge in [-0.1, -0.05) is 0 Å². The summed E-state index contributed by atoms with van der Waals surface area (Å²) in [5.74, 6) is -18.0. The fourth-order valence-corrected chi connectivity index (χ4v) is 2.20. The van der Waals surface area contributed by atoms with Crippen LogP contribution in [0.1, 0.15) is 6.92 Å². The van der Waals surface area contributed by atoms with Crippen molar-refractivity contribution >= 4 is 8.60 Å². The standard InChI is InChI=1S/C8H9F8O3P/c1-4-2-17-20(19-4)18-3-6(11,12)8(15,16)7(13,14)5(9)10/h4-5H,2-3H2,1H3. The minimum atomic E-state index is -6.28. The van der Waals surface area contributed by atoms with E-state index in [1.165, 1.54) is 6.92 Å². The van der Waals surface area contributed by atoms with E-state index in [4.69, 9.17) is 4.52 Å². The fraction of sp³-hybridized carbons (Fsp3) is 1.00. The predicted octanol–water partition coefficient (Wildman–Crippen LogP) is 3.84. The van der Waals surface area contributed by atoms with Crippen LogP contribution >= 0.6 is 8.60 Å². The van der Waals surface area contributed by atoms with Crippen LogP contribution in [0, 0.1) is 0 Å². The van der Waals surface area contributed by atoms with E-state index < -0.39 is 45.5 Å². The van der Waals surface area contributed by atoms with Crippen LogP contribution < -0.4 is 0 Å². The van der Waals surface area contributed by atoms with Crippen molar-refractivity contribution in [1.29, 1.82) is 0 Å². The van der Waals surface area contributed by atoms with Gasteiger partial charge in [0.2, 0.25) is 0 Å². The monoisotopic (exact) mass is 336 g/mol. The quantitative estimate of drug-likeness (QED) is 0.545. The molecule has 0 aromatic carbocycles. The molecule has 20 heavy (non-hydrogen) atoms. The van der Waals surface area contributed by atoms with Gasteiger partial charge >= 0.3 is 32.8 Å². The van der Waals surface area contributed by atoms with Crippen molar-refractivity contribution in [2.75, 3.05) is 13.2 Å². The Hall–Kier alpha value is -0.250. The normalized spacial score (nSPS) is 25.5. The molecule has 1 rings (SSSR count). The molecular weight excluding hydrogens is 327 g/mol. The molecule has 3 nitrogen and oxygen atoms in total. The zero-order valence-electron chi connectivity index (χ0n) is 9.76. The topological polar surface area (TPSA) is 27.7 Å². The third-order valence-electron chi connectivity index (χ3n) is 2.18. The maximum atomic E-state index is 13.0. The average Bonchev–Trinajstić information content (AvgIpc) is 2.72. The van der Waals surface area contributed by atoms with Gasteiger partial charge in [0.1, 0.15) is 6.61 Å². The largest absolute Gasteiger partial charge is 0.380 e. The second-order valence-electron chi connectivity index (χ2n) is 3.91. The van der Waals surface area contributed by atoms with Crippen molar-refractivity contribution in [2.45, 2.75) is 37.2 Å². The van der Waals surface area contributed by atoms with E-state index in [0.717, 1.165) is 0 Å². The lowest BCUT2D eigenvalue weighted by Crippen LogP contribution is -2.59. The molecule has 0 aromatic heterocycles. The number of alkyl halides is 8. The Morgan fingerprint density at radius 1 is 1.20 bits per heavy atom. The second kappa shape index (κ2) is 5.86. The van der Waals surface area contributed by atoms with Crippen molar-refractivity contribution < 1.29 is 48.7 Å². The summed E-state index contributed by atoms with van der Waals surface area (Å²) in [6.07, 6.45) is -5.49. The van der Waals surface area contributed by atoms with Crippen molar-refractivity contribution in [3.63, 3.8) is 0 Å². The highest BCUT2D eigenvalue weighted by Gasteiger charge is 2.75. The lowest BCUT2D eigenvalue weighted by molar-refractivity contribution is -0.342. The Bertz CT molecular complexity index is 340. The first-order valence-electron chi connectivity index (χ1n) is 5.06. The van der Waals surface area contributed by atoms with E-state index in [9.17, 15) is 35.1 Å². The zero-order chi connectivity index (χ0) is 15.8. The molecule has 1 saturated heterocycles. The summed E-state index contributed by atoms with van der Waals surface area (Å²) in [5.41, 5.74) is 0. The van der Waals surface area contributed by atoms with Crippen LogP contribution in [0.4, 0.5) is 35.1 Å². The van der Waals surface area contributed by atoms with Crippen molar-refractivity contribution in [3.05, 3.63) is 0 Å². The molecule has 1 aliphatic heterocycles. The molecule has 2 unspecified atom stereocenters. The van der Waals surface area contributed by atoms with Crippen LogP contribution in [-0.4, -0.2) is 43.5 Å². The Morgan fingerprint density at radius 3 is 2.15 bits per heavy atom. The number of rotatable bonds is 6. The van der Waals surface area contributed by atoms with Crippen LogP contribution in [-0.2, 0) is 13.6 Å². The number of hydrogen-bond donors (Lipinski definition) is 0. The SMILES string of the molecule is CC1COP(OCC(F)(F)C(F)(F)C(F)(F)C(F)F)O1. The third kappa shape index (κ3) is 3.32. The van der Waals surface area contributed by atoms with E-state index >= 15 is 0 Å². The Kier molecular flexibility index (Phi) is 5.22. The van der Waals surface area contributed by atoms with Gasteiger partial charge in [-0.05, 0) is 6.92 Å². The molecule has 0 aliphatic carbocycles. The molecule has 120 valence electrons. The van der Waals surface area contributed by atoms with Gasteiger partial charge in [-0.25, -0.2) is 8.78 Å². The highest BCUT2D eigenvalue weighted by atomic mass is 31.2. The molecule has 0 N–H and O–H groups in total. The highest BCUT2D eigenvalue weighted by molar-refractivity contribution is 7.42. The third-order valence-corrected chi connectivity index (χ3v) is 3.42. The smallest absolute Gasteiger partial charge is 0.310 e. The number of halogens is 8. The fourth-order valence-electron chi connectivity index (χ4n) is 1.05. The summed E-state index contributed by atoms with van der Waals surface area (Å²) >= 11 is 0. The van der Waals surface area contributed by atoms with E-state index in [2.05, 4.69) is 9.05 Å². The van der Waals surface area contributed by atoms with Gasteiger partial charge in [-0.15, -0.1) is 0 Å². The lowest BCUT2D eigenvalue weighted by Gasteiger charge is -2.32. The Morgan fingerprint density at radius 2 is 1.75 bits per heavy atom. The summed E-state index contributed by atoms with van der Waals surface area (Å²) in [4.78, 5) is 0. The Balaban J connectivity index is 2.71. The van der Waals surface area contributed by atoms with E-state index in [1.807, 2.05) is 0 Å². The molecular formula is C8H9F8O3P. The van der Waals surface area contributed by atoms with Crippen molar-refractivity contribution in [2.24, 2.45) is 0 Å².